The molecule has 1 N–H and O–H groups in total. The normalized spacial score (nSPS) is 18.6. The molecule has 0 fully saturated rings. The van der Waals surface area contributed by atoms with Gasteiger partial charge in [0, 0.05) is 35.7 Å². The van der Waals surface area contributed by atoms with Crippen LogP contribution in [0.5, 0.6) is 0 Å². The molecule has 2 aliphatic rings. The second-order valence-electron chi connectivity index (χ2n) is 8.83. The van der Waals surface area contributed by atoms with E-state index in [4.69, 9.17) is 4.78 Å². The Balaban J connectivity index is 1.40. The van der Waals surface area contributed by atoms with Crippen molar-refractivity contribution in [3.63, 3.8) is 0 Å². The van der Waals surface area contributed by atoms with Crippen LogP contribution in [0.3, 0.4) is 0 Å². The summed E-state index contributed by atoms with van der Waals surface area (Å²) in [5.41, 5.74) is 5.62. The fourth-order valence-corrected chi connectivity index (χ4v) is 6.44. The fourth-order valence-electron chi connectivity index (χ4n) is 4.97. The molecule has 7 heteroatoms. The van der Waals surface area contributed by atoms with Crippen molar-refractivity contribution >= 4 is 21.3 Å². The van der Waals surface area contributed by atoms with E-state index in [0.29, 0.717) is 37.9 Å². The summed E-state index contributed by atoms with van der Waals surface area (Å²) in [6, 6.07) is 14.9. The van der Waals surface area contributed by atoms with Gasteiger partial charge in [0.2, 0.25) is 5.91 Å². The van der Waals surface area contributed by atoms with Crippen LogP contribution in [-0.4, -0.2) is 27.4 Å². The van der Waals surface area contributed by atoms with E-state index in [1.165, 1.54) is 17.7 Å². The minimum atomic E-state index is -3.22. The number of carbonyl (C=O) groups excluding carboxylic acids is 1. The molecule has 0 bridgehead atoms. The number of rotatable bonds is 5. The molecular weight excluding hydrogens is 437 g/mol. The van der Waals surface area contributed by atoms with Crippen molar-refractivity contribution in [2.75, 3.05) is 17.2 Å². The van der Waals surface area contributed by atoms with Gasteiger partial charge in [0.1, 0.15) is 5.82 Å². The second kappa shape index (κ2) is 8.37. The molecule has 0 saturated heterocycles. The van der Waals surface area contributed by atoms with Crippen LogP contribution < -0.4 is 4.90 Å². The number of hydrogen-bond donors (Lipinski definition) is 1. The van der Waals surface area contributed by atoms with Gasteiger partial charge in [0.15, 0.2) is 0 Å². The van der Waals surface area contributed by atoms with Crippen LogP contribution in [0.2, 0.25) is 0 Å². The van der Waals surface area contributed by atoms with Crippen molar-refractivity contribution in [1.29, 1.82) is 4.78 Å². The summed E-state index contributed by atoms with van der Waals surface area (Å²) >= 11 is 0. The maximum Gasteiger partial charge on any atom is 0.230 e. The number of benzene rings is 2. The van der Waals surface area contributed by atoms with E-state index in [2.05, 4.69) is 17.1 Å². The molecule has 1 aromatic heterocycles. The zero-order valence-corrected chi connectivity index (χ0v) is 19.3. The van der Waals surface area contributed by atoms with Gasteiger partial charge in [-0.25, -0.2) is 13.4 Å². The lowest BCUT2D eigenvalue weighted by Crippen LogP contribution is -2.35. The molecule has 33 heavy (non-hydrogen) atoms. The molecule has 0 radical (unpaired) electrons. The highest BCUT2D eigenvalue weighted by Crippen LogP contribution is 2.37. The van der Waals surface area contributed by atoms with Crippen molar-refractivity contribution in [3.05, 3.63) is 77.2 Å². The largest absolute Gasteiger partial charge is 0.312 e. The molecule has 0 unspecified atom stereocenters. The standard InChI is InChI=1S/C26H26FN3O2S/c1-2-11-33(28,32)25-16-24-19(15-22(25)27)8-10-30(24)26(31)21-12-17-6-7-18(13-20(17)14-21)23-5-3-4-9-29-23/h3-7,9,13,15-16,21,28H,2,8,10-12,14H2,1H3/t21-,33+/m1/s1. The minimum absolute atomic E-state index is 0.00821. The van der Waals surface area contributed by atoms with Gasteiger partial charge in [-0.1, -0.05) is 25.1 Å². The molecule has 2 heterocycles. The Morgan fingerprint density at radius 2 is 1.97 bits per heavy atom. The smallest absolute Gasteiger partial charge is 0.230 e. The van der Waals surface area contributed by atoms with Crippen LogP contribution in [0.15, 0.2) is 59.6 Å². The number of carbonyl (C=O) groups is 1. The summed E-state index contributed by atoms with van der Waals surface area (Å²) in [5.74, 6) is -0.678. The summed E-state index contributed by atoms with van der Waals surface area (Å²) < 4.78 is 35.6. The fraction of sp³-hybridized carbons (Fsp3) is 0.308. The summed E-state index contributed by atoms with van der Waals surface area (Å²) in [5, 5.41) is 0. The molecule has 2 atom stereocenters. The topological polar surface area (TPSA) is 74.1 Å². The van der Waals surface area contributed by atoms with Crippen molar-refractivity contribution in [2.45, 2.75) is 37.5 Å². The second-order valence-corrected chi connectivity index (χ2v) is 11.0. The zero-order valence-electron chi connectivity index (χ0n) is 18.5. The van der Waals surface area contributed by atoms with E-state index in [-0.39, 0.29) is 22.5 Å². The Morgan fingerprint density at radius 1 is 1.15 bits per heavy atom. The number of hydrogen-bond acceptors (Lipinski definition) is 4. The van der Waals surface area contributed by atoms with Gasteiger partial charge < -0.3 is 4.90 Å². The molecular formula is C26H26FN3O2S. The third-order valence-corrected chi connectivity index (χ3v) is 8.60. The van der Waals surface area contributed by atoms with E-state index in [1.807, 2.05) is 31.2 Å². The first-order valence-electron chi connectivity index (χ1n) is 11.3. The quantitative estimate of drug-likeness (QED) is 0.578. The van der Waals surface area contributed by atoms with Crippen molar-refractivity contribution in [1.82, 2.24) is 4.98 Å². The third-order valence-electron chi connectivity index (χ3n) is 6.59. The van der Waals surface area contributed by atoms with Gasteiger partial charge in [0.25, 0.3) is 0 Å². The molecule has 0 saturated carbocycles. The molecule has 3 aromatic rings. The molecule has 1 amide bonds. The van der Waals surface area contributed by atoms with Crippen LogP contribution in [0.4, 0.5) is 10.1 Å². The van der Waals surface area contributed by atoms with Gasteiger partial charge in [-0.3, -0.25) is 9.78 Å². The highest BCUT2D eigenvalue weighted by molar-refractivity contribution is 7.92. The van der Waals surface area contributed by atoms with Crippen LogP contribution in [0.25, 0.3) is 11.3 Å². The summed E-state index contributed by atoms with van der Waals surface area (Å²) in [6.45, 7) is 2.31. The number of nitrogens with zero attached hydrogens (tertiary/aromatic N) is 2. The Bertz CT molecular complexity index is 1340. The van der Waals surface area contributed by atoms with Gasteiger partial charge >= 0.3 is 0 Å². The van der Waals surface area contributed by atoms with E-state index in [9.17, 15) is 13.4 Å². The molecule has 1 aliphatic heterocycles. The number of aromatic nitrogens is 1. The van der Waals surface area contributed by atoms with Crippen LogP contribution in [-0.2, 0) is 33.8 Å². The Labute approximate surface area is 193 Å². The van der Waals surface area contributed by atoms with Crippen LogP contribution >= 0.6 is 0 Å². The lowest BCUT2D eigenvalue weighted by atomic mass is 10.0. The van der Waals surface area contributed by atoms with Crippen LogP contribution in [0, 0.1) is 16.5 Å². The van der Waals surface area contributed by atoms with Gasteiger partial charge in [0.05, 0.1) is 20.3 Å². The Kier molecular flexibility index (Phi) is 5.52. The first-order valence-corrected chi connectivity index (χ1v) is 13.0. The number of nitrogens with one attached hydrogen (secondary N) is 1. The molecule has 0 spiro atoms. The molecule has 1 aliphatic carbocycles. The number of pyridine rings is 1. The predicted molar refractivity (Wildman–Crippen MR) is 127 cm³/mol. The molecule has 170 valence electrons. The zero-order chi connectivity index (χ0) is 23.2. The maximum atomic E-state index is 14.6. The SMILES string of the molecule is CCC[S@](=N)(=O)c1cc2c(cc1F)CCN2C(=O)[C@@H]1Cc2ccc(-c3ccccn3)cc2C1. The third kappa shape index (κ3) is 3.95. The van der Waals surface area contributed by atoms with Gasteiger partial charge in [-0.2, -0.15) is 0 Å². The molecule has 5 rings (SSSR count). The Morgan fingerprint density at radius 3 is 2.73 bits per heavy atom. The van der Waals surface area contributed by atoms with E-state index in [1.54, 1.807) is 11.1 Å². The Hall–Kier alpha value is -3.06. The summed E-state index contributed by atoms with van der Waals surface area (Å²) in [6.07, 6.45) is 4.19. The van der Waals surface area contributed by atoms with Crippen molar-refractivity contribution < 1.29 is 13.4 Å². The van der Waals surface area contributed by atoms with Gasteiger partial charge in [-0.05, 0) is 72.7 Å². The van der Waals surface area contributed by atoms with Gasteiger partial charge in [-0.15, -0.1) is 0 Å². The lowest BCUT2D eigenvalue weighted by Gasteiger charge is -2.22. The van der Waals surface area contributed by atoms with Crippen molar-refractivity contribution in [2.24, 2.45) is 5.92 Å². The van der Waals surface area contributed by atoms with E-state index < -0.39 is 15.5 Å². The predicted octanol–water partition coefficient (Wildman–Crippen LogP) is 5.01. The number of halogens is 1. The average Bonchev–Trinajstić information content (AvgIpc) is 3.42. The maximum absolute atomic E-state index is 14.6. The highest BCUT2D eigenvalue weighted by atomic mass is 32.2. The monoisotopic (exact) mass is 463 g/mol. The first-order chi connectivity index (χ1) is 15.9. The van der Waals surface area contributed by atoms with Crippen molar-refractivity contribution in [3.8, 4) is 11.3 Å². The summed E-state index contributed by atoms with van der Waals surface area (Å²) in [7, 11) is -3.22. The number of amides is 1. The average molecular weight is 464 g/mol. The highest BCUT2D eigenvalue weighted by Gasteiger charge is 2.35. The lowest BCUT2D eigenvalue weighted by molar-refractivity contribution is -0.122. The molecule has 2 aromatic carbocycles. The van der Waals surface area contributed by atoms with E-state index >= 15 is 0 Å². The molecule has 5 nitrogen and oxygen atoms in total. The number of fused-ring (bicyclic) bond motifs is 2. The first kappa shape index (κ1) is 21.8. The minimum Gasteiger partial charge on any atom is -0.312 e. The summed E-state index contributed by atoms with van der Waals surface area (Å²) in [4.78, 5) is 19.5. The van der Waals surface area contributed by atoms with Crippen LogP contribution in [0.1, 0.15) is 30.0 Å². The van der Waals surface area contributed by atoms with E-state index in [0.717, 1.165) is 22.4 Å². The number of anilines is 1.